The van der Waals surface area contributed by atoms with E-state index < -0.39 is 0 Å². The quantitative estimate of drug-likeness (QED) is 0.667. The molecule has 2 heterocycles. The number of imidazole rings is 1. The average molecular weight is 293 g/mol. The molecule has 0 bridgehead atoms. The topological polar surface area (TPSA) is 47.8 Å². The second kappa shape index (κ2) is 6.10. The van der Waals surface area contributed by atoms with Crippen molar-refractivity contribution in [1.82, 2.24) is 14.5 Å². The highest BCUT2D eigenvalue weighted by molar-refractivity contribution is 5.81. The lowest BCUT2D eigenvalue weighted by atomic mass is 10.2. The molecule has 22 heavy (non-hydrogen) atoms. The van der Waals surface area contributed by atoms with E-state index in [4.69, 9.17) is 4.98 Å². The summed E-state index contributed by atoms with van der Waals surface area (Å²) in [5.74, 6) is 0.831. The standard InChI is InChI=1S/C18H19N3O/c1-3-4-10-21-17-11-13(2)8-9-15(17)20-18(21)16-7-5-6-14(12-22)19-16/h5-9,11-12H,3-4,10H2,1-2H3. The molecule has 0 aliphatic carbocycles. The summed E-state index contributed by atoms with van der Waals surface area (Å²) in [6.45, 7) is 5.16. The number of carbonyl (C=O) groups excluding carboxylic acids is 1. The molecule has 112 valence electrons. The Kier molecular flexibility index (Phi) is 4.00. The Morgan fingerprint density at radius 1 is 1.18 bits per heavy atom. The van der Waals surface area contributed by atoms with Crippen molar-refractivity contribution >= 4 is 17.3 Å². The maximum atomic E-state index is 11.0. The highest BCUT2D eigenvalue weighted by Crippen LogP contribution is 2.25. The fourth-order valence-corrected chi connectivity index (χ4v) is 2.61. The van der Waals surface area contributed by atoms with Crippen LogP contribution >= 0.6 is 0 Å². The van der Waals surface area contributed by atoms with Crippen LogP contribution in [0.15, 0.2) is 36.4 Å². The van der Waals surface area contributed by atoms with Crippen LogP contribution in [0.2, 0.25) is 0 Å². The zero-order valence-corrected chi connectivity index (χ0v) is 12.9. The molecular formula is C18H19N3O. The van der Waals surface area contributed by atoms with Crippen molar-refractivity contribution in [3.63, 3.8) is 0 Å². The highest BCUT2D eigenvalue weighted by Gasteiger charge is 2.13. The van der Waals surface area contributed by atoms with Gasteiger partial charge in [-0.15, -0.1) is 0 Å². The lowest BCUT2D eigenvalue weighted by Crippen LogP contribution is -2.02. The molecule has 0 aliphatic rings. The summed E-state index contributed by atoms with van der Waals surface area (Å²) >= 11 is 0. The van der Waals surface area contributed by atoms with Crippen LogP contribution < -0.4 is 0 Å². The van der Waals surface area contributed by atoms with Gasteiger partial charge in [-0.3, -0.25) is 4.79 Å². The van der Waals surface area contributed by atoms with Gasteiger partial charge < -0.3 is 4.57 Å². The first-order chi connectivity index (χ1) is 10.7. The maximum absolute atomic E-state index is 11.0. The first-order valence-corrected chi connectivity index (χ1v) is 7.62. The van der Waals surface area contributed by atoms with Gasteiger partial charge in [0.15, 0.2) is 12.1 Å². The molecule has 0 fully saturated rings. The third-order valence-corrected chi connectivity index (χ3v) is 3.76. The first-order valence-electron chi connectivity index (χ1n) is 7.62. The van der Waals surface area contributed by atoms with Crippen LogP contribution in [-0.4, -0.2) is 20.8 Å². The first kappa shape index (κ1) is 14.4. The van der Waals surface area contributed by atoms with Crippen molar-refractivity contribution < 1.29 is 4.79 Å². The largest absolute Gasteiger partial charge is 0.323 e. The van der Waals surface area contributed by atoms with E-state index in [0.717, 1.165) is 48.2 Å². The van der Waals surface area contributed by atoms with Gasteiger partial charge in [-0.25, -0.2) is 9.97 Å². The third-order valence-electron chi connectivity index (χ3n) is 3.76. The van der Waals surface area contributed by atoms with Gasteiger partial charge in [0.1, 0.15) is 11.4 Å². The van der Waals surface area contributed by atoms with Crippen LogP contribution in [0.1, 0.15) is 35.8 Å². The Labute approximate surface area is 129 Å². The molecule has 0 saturated heterocycles. The summed E-state index contributed by atoms with van der Waals surface area (Å²) in [6, 6.07) is 11.7. The number of rotatable bonds is 5. The summed E-state index contributed by atoms with van der Waals surface area (Å²) in [4.78, 5) is 20.1. The highest BCUT2D eigenvalue weighted by atomic mass is 16.1. The molecule has 0 unspecified atom stereocenters. The Bertz CT molecular complexity index is 820. The fraction of sp³-hybridized carbons (Fsp3) is 0.278. The number of benzene rings is 1. The summed E-state index contributed by atoms with van der Waals surface area (Å²) in [7, 11) is 0. The van der Waals surface area contributed by atoms with Crippen molar-refractivity contribution in [1.29, 1.82) is 0 Å². The Morgan fingerprint density at radius 2 is 2.05 bits per heavy atom. The molecule has 0 radical (unpaired) electrons. The predicted octanol–water partition coefficient (Wildman–Crippen LogP) is 4.02. The number of aryl methyl sites for hydroxylation is 2. The number of hydrogen-bond donors (Lipinski definition) is 0. The molecule has 3 rings (SSSR count). The number of unbranched alkanes of at least 4 members (excludes halogenated alkanes) is 1. The van der Waals surface area contributed by atoms with Crippen molar-refractivity contribution in [2.45, 2.75) is 33.2 Å². The minimum atomic E-state index is 0.433. The molecule has 4 heteroatoms. The maximum Gasteiger partial charge on any atom is 0.168 e. The number of hydrogen-bond acceptors (Lipinski definition) is 3. The molecule has 0 atom stereocenters. The molecular weight excluding hydrogens is 274 g/mol. The van der Waals surface area contributed by atoms with E-state index in [1.807, 2.05) is 18.2 Å². The summed E-state index contributed by atoms with van der Waals surface area (Å²) < 4.78 is 2.21. The lowest BCUT2D eigenvalue weighted by Gasteiger charge is -2.08. The molecule has 3 aromatic rings. The second-order valence-electron chi connectivity index (χ2n) is 5.50. The number of carbonyl (C=O) groups is 1. The molecule has 2 aromatic heterocycles. The lowest BCUT2D eigenvalue weighted by molar-refractivity contribution is 0.111. The predicted molar refractivity (Wildman–Crippen MR) is 88.0 cm³/mol. The van der Waals surface area contributed by atoms with Crippen LogP contribution in [0.4, 0.5) is 0 Å². The van der Waals surface area contributed by atoms with Gasteiger partial charge in [0.05, 0.1) is 11.0 Å². The molecule has 0 saturated carbocycles. The second-order valence-corrected chi connectivity index (χ2v) is 5.50. The van der Waals surface area contributed by atoms with Gasteiger partial charge >= 0.3 is 0 Å². The van der Waals surface area contributed by atoms with Crippen LogP contribution in [0.25, 0.3) is 22.6 Å². The van der Waals surface area contributed by atoms with Gasteiger partial charge in [-0.2, -0.15) is 0 Å². The Balaban J connectivity index is 2.20. The third kappa shape index (κ3) is 2.64. The molecule has 0 spiro atoms. The summed E-state index contributed by atoms with van der Waals surface area (Å²) in [5, 5.41) is 0. The van der Waals surface area contributed by atoms with Crippen molar-refractivity contribution in [2.75, 3.05) is 0 Å². The number of aromatic nitrogens is 3. The van der Waals surface area contributed by atoms with Crippen LogP contribution in [0.5, 0.6) is 0 Å². The van der Waals surface area contributed by atoms with Gasteiger partial charge in [-0.05, 0) is 43.2 Å². The molecule has 4 nitrogen and oxygen atoms in total. The van der Waals surface area contributed by atoms with E-state index in [9.17, 15) is 4.79 Å². The number of nitrogens with zero attached hydrogens (tertiary/aromatic N) is 3. The normalized spacial score (nSPS) is 11.0. The molecule has 1 aromatic carbocycles. The smallest absolute Gasteiger partial charge is 0.168 e. The number of pyridine rings is 1. The van der Waals surface area contributed by atoms with Gasteiger partial charge in [0.2, 0.25) is 0 Å². The van der Waals surface area contributed by atoms with Crippen molar-refractivity contribution in [3.05, 3.63) is 47.7 Å². The van der Waals surface area contributed by atoms with Crippen molar-refractivity contribution in [2.24, 2.45) is 0 Å². The van der Waals surface area contributed by atoms with Crippen LogP contribution in [0.3, 0.4) is 0 Å². The Morgan fingerprint density at radius 3 is 2.82 bits per heavy atom. The zero-order valence-electron chi connectivity index (χ0n) is 12.9. The molecule has 0 aliphatic heterocycles. The van der Waals surface area contributed by atoms with E-state index in [1.54, 1.807) is 6.07 Å². The van der Waals surface area contributed by atoms with E-state index in [2.05, 4.69) is 35.5 Å². The SMILES string of the molecule is CCCCn1c(-c2cccc(C=O)n2)nc2ccc(C)cc21. The monoisotopic (exact) mass is 293 g/mol. The van der Waals surface area contributed by atoms with E-state index in [1.165, 1.54) is 5.56 Å². The number of fused-ring (bicyclic) bond motifs is 1. The van der Waals surface area contributed by atoms with Crippen LogP contribution in [0, 0.1) is 6.92 Å². The van der Waals surface area contributed by atoms with Crippen LogP contribution in [-0.2, 0) is 6.54 Å². The van der Waals surface area contributed by atoms with E-state index in [0.29, 0.717) is 5.69 Å². The minimum Gasteiger partial charge on any atom is -0.323 e. The van der Waals surface area contributed by atoms with Gasteiger partial charge in [-0.1, -0.05) is 25.5 Å². The van der Waals surface area contributed by atoms with Gasteiger partial charge in [0, 0.05) is 6.54 Å². The fourth-order valence-electron chi connectivity index (χ4n) is 2.61. The van der Waals surface area contributed by atoms with Crippen molar-refractivity contribution in [3.8, 4) is 11.5 Å². The zero-order chi connectivity index (χ0) is 15.5. The Hall–Kier alpha value is -2.49. The van der Waals surface area contributed by atoms with E-state index >= 15 is 0 Å². The van der Waals surface area contributed by atoms with Gasteiger partial charge in [0.25, 0.3) is 0 Å². The summed E-state index contributed by atoms with van der Waals surface area (Å²) in [6.07, 6.45) is 2.97. The molecule has 0 amide bonds. The number of aldehydes is 1. The average Bonchev–Trinajstić information content (AvgIpc) is 2.90. The minimum absolute atomic E-state index is 0.433. The summed E-state index contributed by atoms with van der Waals surface area (Å²) in [5.41, 5.74) is 4.49. The van der Waals surface area contributed by atoms with E-state index in [-0.39, 0.29) is 0 Å². The molecule has 0 N–H and O–H groups in total.